The molecule has 7 heteroatoms. The lowest BCUT2D eigenvalue weighted by Gasteiger charge is -2.11. The third-order valence-electron chi connectivity index (χ3n) is 3.16. The highest BCUT2D eigenvalue weighted by atomic mass is 127. The van der Waals surface area contributed by atoms with Gasteiger partial charge >= 0.3 is 0 Å². The van der Waals surface area contributed by atoms with Crippen LogP contribution in [0.25, 0.3) is 0 Å². The summed E-state index contributed by atoms with van der Waals surface area (Å²) < 4.78 is 0. The number of carbonyl (C=O) groups excluding carboxylic acids is 1. The van der Waals surface area contributed by atoms with Crippen molar-refractivity contribution in [3.8, 4) is 0 Å². The number of nitrogens with zero attached hydrogens (tertiary/aromatic N) is 1. The zero-order valence-corrected chi connectivity index (χ0v) is 15.4. The molecule has 1 aliphatic rings. The van der Waals surface area contributed by atoms with Crippen molar-refractivity contribution in [2.45, 2.75) is 19.3 Å². The minimum Gasteiger partial charge on any atom is -0.356 e. The molecule has 3 N–H and O–H groups in total. The molecular formula is C14H23IN4OS. The molecule has 0 unspecified atom stereocenters. The molecule has 1 amide bonds. The lowest BCUT2D eigenvalue weighted by molar-refractivity contribution is 0.0957. The van der Waals surface area contributed by atoms with Gasteiger partial charge in [0.05, 0.1) is 4.88 Å². The monoisotopic (exact) mass is 422 g/mol. The number of amides is 1. The van der Waals surface area contributed by atoms with Gasteiger partial charge in [0.2, 0.25) is 0 Å². The lowest BCUT2D eigenvalue weighted by atomic mass is 10.4. The number of carbonyl (C=O) groups is 1. The maximum Gasteiger partial charge on any atom is 0.261 e. The normalized spacial score (nSPS) is 14.2. The predicted octanol–water partition coefficient (Wildman–Crippen LogP) is 2.06. The van der Waals surface area contributed by atoms with Crippen LogP contribution >= 0.6 is 35.3 Å². The summed E-state index contributed by atoms with van der Waals surface area (Å²) in [7, 11) is 1.78. The summed E-state index contributed by atoms with van der Waals surface area (Å²) in [4.78, 5) is 16.6. The number of nitrogens with one attached hydrogen (secondary N) is 3. The Labute approximate surface area is 147 Å². The van der Waals surface area contributed by atoms with E-state index in [1.807, 2.05) is 17.5 Å². The highest BCUT2D eigenvalue weighted by Crippen LogP contribution is 2.27. The van der Waals surface area contributed by atoms with E-state index in [1.165, 1.54) is 24.2 Å². The van der Waals surface area contributed by atoms with Gasteiger partial charge < -0.3 is 16.0 Å². The van der Waals surface area contributed by atoms with E-state index in [9.17, 15) is 4.79 Å². The summed E-state index contributed by atoms with van der Waals surface area (Å²) in [6.07, 6.45) is 3.54. The first-order valence-corrected chi connectivity index (χ1v) is 7.94. The van der Waals surface area contributed by atoms with Crippen LogP contribution in [0.2, 0.25) is 0 Å². The highest BCUT2D eigenvalue weighted by molar-refractivity contribution is 14.0. The second-order valence-electron chi connectivity index (χ2n) is 4.91. The molecule has 1 saturated carbocycles. The quantitative estimate of drug-likeness (QED) is 0.273. The summed E-state index contributed by atoms with van der Waals surface area (Å²) in [6, 6.07) is 3.72. The molecule has 5 nitrogen and oxygen atoms in total. The number of hydrogen-bond acceptors (Lipinski definition) is 3. The Morgan fingerprint density at radius 3 is 2.71 bits per heavy atom. The first-order valence-electron chi connectivity index (χ1n) is 7.06. The van der Waals surface area contributed by atoms with E-state index in [0.717, 1.165) is 36.3 Å². The molecule has 0 aromatic carbocycles. The molecule has 0 spiro atoms. The van der Waals surface area contributed by atoms with Crippen LogP contribution in [-0.4, -0.2) is 38.5 Å². The first kappa shape index (κ1) is 18.2. The van der Waals surface area contributed by atoms with Crippen molar-refractivity contribution in [1.82, 2.24) is 16.0 Å². The second kappa shape index (κ2) is 9.99. The van der Waals surface area contributed by atoms with Crippen molar-refractivity contribution in [3.05, 3.63) is 22.4 Å². The molecule has 1 aromatic rings. The van der Waals surface area contributed by atoms with Gasteiger partial charge in [-0.3, -0.25) is 9.79 Å². The van der Waals surface area contributed by atoms with Gasteiger partial charge in [0, 0.05) is 26.7 Å². The number of rotatable bonds is 7. The maximum atomic E-state index is 11.7. The average molecular weight is 422 g/mol. The van der Waals surface area contributed by atoms with E-state index in [-0.39, 0.29) is 29.9 Å². The molecule has 0 saturated heterocycles. The Bertz CT molecular complexity index is 446. The standard InChI is InChI=1S/C14H22N4OS.HI/c1-15-14(18-10-11-5-6-11)17-8-3-7-16-13(19)12-4-2-9-20-12;/h2,4,9,11H,3,5-8,10H2,1H3,(H,16,19)(H2,15,17,18);1H. The van der Waals surface area contributed by atoms with Crippen LogP contribution in [0.3, 0.4) is 0 Å². The Balaban J connectivity index is 0.00000220. The zero-order valence-electron chi connectivity index (χ0n) is 12.2. The van der Waals surface area contributed by atoms with E-state index in [0.29, 0.717) is 6.54 Å². The fourth-order valence-corrected chi connectivity index (χ4v) is 2.42. The topological polar surface area (TPSA) is 65.5 Å². The summed E-state index contributed by atoms with van der Waals surface area (Å²) in [5, 5.41) is 11.4. The van der Waals surface area contributed by atoms with Gasteiger partial charge in [0.15, 0.2) is 5.96 Å². The molecule has 1 aromatic heterocycles. The lowest BCUT2D eigenvalue weighted by Crippen LogP contribution is -2.39. The molecule has 2 rings (SSSR count). The number of aliphatic imine (C=N–C) groups is 1. The molecule has 0 radical (unpaired) electrons. The molecule has 21 heavy (non-hydrogen) atoms. The van der Waals surface area contributed by atoms with Gasteiger partial charge in [-0.15, -0.1) is 35.3 Å². The third-order valence-corrected chi connectivity index (χ3v) is 4.02. The Kier molecular flexibility index (Phi) is 8.67. The number of guanidine groups is 1. The molecule has 1 heterocycles. The highest BCUT2D eigenvalue weighted by Gasteiger charge is 2.20. The van der Waals surface area contributed by atoms with Gasteiger partial charge in [-0.25, -0.2) is 0 Å². The summed E-state index contributed by atoms with van der Waals surface area (Å²) in [6.45, 7) is 2.48. The van der Waals surface area contributed by atoms with Crippen LogP contribution in [0.15, 0.2) is 22.5 Å². The van der Waals surface area contributed by atoms with E-state index < -0.39 is 0 Å². The Hall–Kier alpha value is -0.830. The van der Waals surface area contributed by atoms with Crippen LogP contribution in [0.1, 0.15) is 28.9 Å². The fourth-order valence-electron chi connectivity index (χ4n) is 1.78. The van der Waals surface area contributed by atoms with Crippen molar-refractivity contribution < 1.29 is 4.79 Å². The minimum absolute atomic E-state index is 0. The van der Waals surface area contributed by atoms with Crippen molar-refractivity contribution in [1.29, 1.82) is 0 Å². The fraction of sp³-hybridized carbons (Fsp3) is 0.571. The van der Waals surface area contributed by atoms with Crippen LogP contribution in [0.4, 0.5) is 0 Å². The molecule has 0 bridgehead atoms. The zero-order chi connectivity index (χ0) is 14.2. The molecular weight excluding hydrogens is 399 g/mol. The molecule has 1 fully saturated rings. The van der Waals surface area contributed by atoms with Crippen molar-refractivity contribution >= 4 is 47.2 Å². The minimum atomic E-state index is 0. The average Bonchev–Trinajstić information content (AvgIpc) is 3.12. The number of hydrogen-bond donors (Lipinski definition) is 3. The molecule has 1 aliphatic carbocycles. The van der Waals surface area contributed by atoms with E-state index in [2.05, 4.69) is 20.9 Å². The predicted molar refractivity (Wildman–Crippen MR) is 98.8 cm³/mol. The number of halogens is 1. The molecule has 0 atom stereocenters. The first-order chi connectivity index (χ1) is 9.79. The molecule has 118 valence electrons. The van der Waals surface area contributed by atoms with Crippen LogP contribution in [-0.2, 0) is 0 Å². The van der Waals surface area contributed by atoms with E-state index >= 15 is 0 Å². The SMILES string of the molecule is CN=C(NCCCNC(=O)c1cccs1)NCC1CC1.I. The summed E-state index contributed by atoms with van der Waals surface area (Å²) in [5.41, 5.74) is 0. The van der Waals surface area contributed by atoms with Crippen molar-refractivity contribution in [3.63, 3.8) is 0 Å². The Morgan fingerprint density at radius 2 is 2.10 bits per heavy atom. The van der Waals surface area contributed by atoms with Crippen molar-refractivity contribution in [2.24, 2.45) is 10.9 Å². The van der Waals surface area contributed by atoms with Crippen LogP contribution < -0.4 is 16.0 Å². The second-order valence-corrected chi connectivity index (χ2v) is 5.86. The Morgan fingerprint density at radius 1 is 1.33 bits per heavy atom. The van der Waals surface area contributed by atoms with E-state index in [4.69, 9.17) is 0 Å². The summed E-state index contributed by atoms with van der Waals surface area (Å²) >= 11 is 1.46. The summed E-state index contributed by atoms with van der Waals surface area (Å²) in [5.74, 6) is 1.69. The van der Waals surface area contributed by atoms with Crippen molar-refractivity contribution in [2.75, 3.05) is 26.7 Å². The van der Waals surface area contributed by atoms with Gasteiger partial charge in [-0.1, -0.05) is 6.07 Å². The smallest absolute Gasteiger partial charge is 0.261 e. The maximum absolute atomic E-state index is 11.7. The van der Waals surface area contributed by atoms with E-state index in [1.54, 1.807) is 7.05 Å². The largest absolute Gasteiger partial charge is 0.356 e. The van der Waals surface area contributed by atoms with Gasteiger partial charge in [-0.2, -0.15) is 0 Å². The van der Waals surface area contributed by atoms with Crippen LogP contribution in [0.5, 0.6) is 0 Å². The van der Waals surface area contributed by atoms with Gasteiger partial charge in [0.25, 0.3) is 5.91 Å². The van der Waals surface area contributed by atoms with Crippen LogP contribution in [0, 0.1) is 5.92 Å². The number of thiophene rings is 1. The van der Waals surface area contributed by atoms with Gasteiger partial charge in [0.1, 0.15) is 0 Å². The molecule has 0 aliphatic heterocycles. The van der Waals surface area contributed by atoms with Gasteiger partial charge in [-0.05, 0) is 36.6 Å². The third kappa shape index (κ3) is 7.12.